The van der Waals surface area contributed by atoms with E-state index in [4.69, 9.17) is 4.74 Å². The van der Waals surface area contributed by atoms with Crippen LogP contribution in [0.5, 0.6) is 5.75 Å². The van der Waals surface area contributed by atoms with E-state index in [1.807, 2.05) is 12.1 Å². The number of hydrogen-bond donors (Lipinski definition) is 0. The lowest BCUT2D eigenvalue weighted by Gasteiger charge is -2.38. The van der Waals surface area contributed by atoms with Gasteiger partial charge in [-0.25, -0.2) is 0 Å². The number of carbonyl (C=O) groups excluding carboxylic acids is 1. The Hall–Kier alpha value is -1.58. The van der Waals surface area contributed by atoms with Crippen LogP contribution in [0.25, 0.3) is 0 Å². The summed E-state index contributed by atoms with van der Waals surface area (Å²) in [6, 6.07) is 3.69. The van der Waals surface area contributed by atoms with Gasteiger partial charge in [-0.2, -0.15) is 0 Å². The average Bonchev–Trinajstić information content (AvgIpc) is 2.12. The molecular weight excluding hydrogens is 180 g/mol. The van der Waals surface area contributed by atoms with Crippen LogP contribution in [0, 0.1) is 0 Å². The molecule has 1 aliphatic heterocycles. The molecule has 2 rings (SSSR count). The van der Waals surface area contributed by atoms with Gasteiger partial charge >= 0.3 is 0 Å². The van der Waals surface area contributed by atoms with Crippen LogP contribution in [0.3, 0.4) is 0 Å². The zero-order valence-corrected chi connectivity index (χ0v) is 8.01. The van der Waals surface area contributed by atoms with Crippen molar-refractivity contribution in [3.05, 3.63) is 24.5 Å². The zero-order valence-electron chi connectivity index (χ0n) is 8.01. The molecule has 1 aromatic rings. The Morgan fingerprint density at radius 2 is 2.43 bits per heavy atom. The Balaban J connectivity index is 1.82. The second-order valence-electron chi connectivity index (χ2n) is 3.35. The molecule has 0 aromatic carbocycles. The summed E-state index contributed by atoms with van der Waals surface area (Å²) in [6.07, 6.45) is 3.51. The normalized spacial score (nSPS) is 16.2. The summed E-state index contributed by atoms with van der Waals surface area (Å²) in [6.45, 7) is 2.94. The van der Waals surface area contributed by atoms with Gasteiger partial charge in [0.05, 0.1) is 19.3 Å². The number of aromatic nitrogens is 1. The number of rotatable bonds is 2. The van der Waals surface area contributed by atoms with Crippen molar-refractivity contribution in [3.8, 4) is 5.75 Å². The number of carbonyl (C=O) groups is 1. The number of ether oxygens (including phenoxy) is 1. The minimum atomic E-state index is 0.107. The van der Waals surface area contributed by atoms with Crippen LogP contribution in [-0.4, -0.2) is 35.0 Å². The number of hydrogen-bond acceptors (Lipinski definition) is 3. The molecule has 4 heteroatoms. The highest BCUT2D eigenvalue weighted by Gasteiger charge is 2.29. The first-order valence-electron chi connectivity index (χ1n) is 4.58. The van der Waals surface area contributed by atoms with E-state index in [-0.39, 0.29) is 12.0 Å². The van der Waals surface area contributed by atoms with Crippen molar-refractivity contribution in [2.24, 2.45) is 0 Å². The maximum atomic E-state index is 10.9. The number of nitrogens with zero attached hydrogens (tertiary/aromatic N) is 2. The Morgan fingerprint density at radius 3 is 3.00 bits per heavy atom. The second-order valence-corrected chi connectivity index (χ2v) is 3.35. The fraction of sp³-hybridized carbons (Fsp3) is 0.400. The summed E-state index contributed by atoms with van der Waals surface area (Å²) in [5.74, 6) is 0.872. The van der Waals surface area contributed by atoms with Gasteiger partial charge in [0.2, 0.25) is 5.91 Å². The quantitative estimate of drug-likeness (QED) is 0.692. The first kappa shape index (κ1) is 8.99. The van der Waals surface area contributed by atoms with E-state index in [0.29, 0.717) is 13.1 Å². The first-order valence-corrected chi connectivity index (χ1v) is 4.58. The smallest absolute Gasteiger partial charge is 0.219 e. The van der Waals surface area contributed by atoms with Crippen LogP contribution in [0.4, 0.5) is 0 Å². The third kappa shape index (κ3) is 1.84. The Bertz CT molecular complexity index is 320. The van der Waals surface area contributed by atoms with Crippen molar-refractivity contribution in [3.63, 3.8) is 0 Å². The monoisotopic (exact) mass is 192 g/mol. The lowest BCUT2D eigenvalue weighted by Crippen LogP contribution is -2.55. The highest BCUT2D eigenvalue weighted by Crippen LogP contribution is 2.16. The molecule has 4 nitrogen and oxygen atoms in total. The maximum Gasteiger partial charge on any atom is 0.219 e. The van der Waals surface area contributed by atoms with Crippen molar-refractivity contribution in [1.29, 1.82) is 0 Å². The van der Waals surface area contributed by atoms with E-state index in [0.717, 1.165) is 5.75 Å². The second kappa shape index (κ2) is 3.65. The average molecular weight is 192 g/mol. The predicted molar refractivity (Wildman–Crippen MR) is 50.9 cm³/mol. The maximum absolute atomic E-state index is 10.9. The van der Waals surface area contributed by atoms with Gasteiger partial charge in [0, 0.05) is 13.1 Å². The van der Waals surface area contributed by atoms with Gasteiger partial charge in [-0.05, 0) is 12.1 Å². The van der Waals surface area contributed by atoms with Crippen LogP contribution in [0.2, 0.25) is 0 Å². The van der Waals surface area contributed by atoms with E-state index in [1.165, 1.54) is 0 Å². The molecule has 0 saturated carbocycles. The molecule has 14 heavy (non-hydrogen) atoms. The number of likely N-dealkylation sites (tertiary alicyclic amines) is 1. The third-order valence-corrected chi connectivity index (χ3v) is 2.23. The van der Waals surface area contributed by atoms with Gasteiger partial charge < -0.3 is 9.64 Å². The van der Waals surface area contributed by atoms with E-state index in [2.05, 4.69) is 4.98 Å². The van der Waals surface area contributed by atoms with Crippen molar-refractivity contribution < 1.29 is 9.53 Å². The molecule has 1 amide bonds. The number of pyridine rings is 1. The van der Waals surface area contributed by atoms with Crippen LogP contribution >= 0.6 is 0 Å². The van der Waals surface area contributed by atoms with Crippen LogP contribution in [0.15, 0.2) is 24.5 Å². The molecule has 1 saturated heterocycles. The third-order valence-electron chi connectivity index (χ3n) is 2.23. The lowest BCUT2D eigenvalue weighted by molar-refractivity contribution is -0.137. The Kier molecular flexibility index (Phi) is 2.35. The molecule has 74 valence electrons. The van der Waals surface area contributed by atoms with Gasteiger partial charge in [-0.3, -0.25) is 9.78 Å². The van der Waals surface area contributed by atoms with Crippen LogP contribution < -0.4 is 4.74 Å². The molecule has 2 heterocycles. The summed E-state index contributed by atoms with van der Waals surface area (Å²) in [4.78, 5) is 16.6. The standard InChI is InChI=1S/C10H12N2O2/c1-8(13)12-6-10(7-12)14-9-3-2-4-11-5-9/h2-5,10H,6-7H2,1H3. The van der Waals surface area contributed by atoms with Crippen molar-refractivity contribution >= 4 is 5.91 Å². The SMILES string of the molecule is CC(=O)N1CC(Oc2cccnc2)C1. The topological polar surface area (TPSA) is 42.4 Å². The molecule has 0 unspecified atom stereocenters. The summed E-state index contributed by atoms with van der Waals surface area (Å²) in [7, 11) is 0. The van der Waals surface area contributed by atoms with Gasteiger partial charge in [-0.1, -0.05) is 0 Å². The molecule has 0 N–H and O–H groups in total. The highest BCUT2D eigenvalue weighted by molar-refractivity contribution is 5.74. The molecule has 1 aromatic heterocycles. The fourth-order valence-electron chi connectivity index (χ4n) is 1.38. The van der Waals surface area contributed by atoms with E-state index in [1.54, 1.807) is 24.2 Å². The minimum absolute atomic E-state index is 0.107. The van der Waals surface area contributed by atoms with E-state index < -0.39 is 0 Å². The van der Waals surface area contributed by atoms with Crippen molar-refractivity contribution in [1.82, 2.24) is 9.88 Å². The predicted octanol–water partition coefficient (Wildman–Crippen LogP) is 0.691. The minimum Gasteiger partial charge on any atom is -0.485 e. The molecule has 0 atom stereocenters. The first-order chi connectivity index (χ1) is 6.75. The van der Waals surface area contributed by atoms with Crippen LogP contribution in [0.1, 0.15) is 6.92 Å². The highest BCUT2D eigenvalue weighted by atomic mass is 16.5. The summed E-state index contributed by atoms with van der Waals surface area (Å²) in [5.41, 5.74) is 0. The van der Waals surface area contributed by atoms with E-state index in [9.17, 15) is 4.79 Å². The van der Waals surface area contributed by atoms with Crippen molar-refractivity contribution in [2.45, 2.75) is 13.0 Å². The van der Waals surface area contributed by atoms with E-state index >= 15 is 0 Å². The van der Waals surface area contributed by atoms with Crippen molar-refractivity contribution in [2.75, 3.05) is 13.1 Å². The molecule has 0 radical (unpaired) electrons. The Labute approximate surface area is 82.5 Å². The van der Waals surface area contributed by atoms with Gasteiger partial charge in [0.25, 0.3) is 0 Å². The lowest BCUT2D eigenvalue weighted by atomic mass is 10.1. The van der Waals surface area contributed by atoms with Gasteiger partial charge in [0.15, 0.2) is 0 Å². The number of amides is 1. The van der Waals surface area contributed by atoms with Gasteiger partial charge in [0.1, 0.15) is 11.9 Å². The molecule has 0 bridgehead atoms. The van der Waals surface area contributed by atoms with Gasteiger partial charge in [-0.15, -0.1) is 0 Å². The van der Waals surface area contributed by atoms with Crippen LogP contribution in [-0.2, 0) is 4.79 Å². The summed E-state index contributed by atoms with van der Waals surface area (Å²) >= 11 is 0. The zero-order chi connectivity index (χ0) is 9.97. The summed E-state index contributed by atoms with van der Waals surface area (Å²) in [5, 5.41) is 0. The molecule has 1 fully saturated rings. The summed E-state index contributed by atoms with van der Waals surface area (Å²) < 4.78 is 5.57. The fourth-order valence-corrected chi connectivity index (χ4v) is 1.38. The molecular formula is C10H12N2O2. The molecule has 1 aliphatic rings. The Morgan fingerprint density at radius 1 is 1.64 bits per heavy atom. The largest absolute Gasteiger partial charge is 0.485 e. The molecule has 0 aliphatic carbocycles. The molecule has 0 spiro atoms.